The first kappa shape index (κ1) is 7.47. The van der Waals surface area contributed by atoms with Crippen molar-refractivity contribution >= 4 is 21.6 Å². The zero-order valence-electron chi connectivity index (χ0n) is 7.03. The largest absolute Gasteiger partial charge is 0.385 e. The molecule has 1 N–H and O–H groups in total. The maximum atomic E-state index is 10.00. The summed E-state index contributed by atoms with van der Waals surface area (Å²) < 4.78 is 1.14. The fraction of sp³-hybridized carbons (Fsp3) is 0.300. The van der Waals surface area contributed by atoms with E-state index < -0.39 is 5.60 Å². The molecule has 0 saturated heterocycles. The van der Waals surface area contributed by atoms with Gasteiger partial charge in [-0.25, -0.2) is 4.98 Å². The second-order valence-electron chi connectivity index (χ2n) is 3.54. The lowest BCUT2D eigenvalue weighted by Crippen LogP contribution is -2.03. The number of thiazole rings is 1. The summed E-state index contributed by atoms with van der Waals surface area (Å²) in [5.41, 5.74) is 3.36. The third-order valence-electron chi connectivity index (χ3n) is 2.58. The molecule has 1 heterocycles. The third-order valence-corrected chi connectivity index (χ3v) is 3.46. The van der Waals surface area contributed by atoms with Crippen LogP contribution in [0.15, 0.2) is 23.7 Å². The Bertz CT molecular complexity index is 459. The normalized spacial score (nSPS) is 19.2. The predicted octanol–water partition coefficient (Wildman–Crippen LogP) is 2.28. The fourth-order valence-corrected chi connectivity index (χ4v) is 2.54. The minimum atomic E-state index is -0.536. The summed E-state index contributed by atoms with van der Waals surface area (Å²) in [6, 6.07) is 5.96. The Morgan fingerprint density at radius 1 is 1.38 bits per heavy atom. The molecule has 1 saturated carbocycles. The first-order valence-electron chi connectivity index (χ1n) is 4.35. The second kappa shape index (κ2) is 2.30. The maximum Gasteiger partial charge on any atom is 0.0913 e. The van der Waals surface area contributed by atoms with E-state index in [4.69, 9.17) is 0 Å². The zero-order valence-corrected chi connectivity index (χ0v) is 7.84. The highest BCUT2D eigenvalue weighted by Crippen LogP contribution is 2.48. The number of fused-ring (bicyclic) bond motifs is 1. The number of aromatic nitrogens is 1. The van der Waals surface area contributed by atoms with Crippen LogP contribution in [0.4, 0.5) is 0 Å². The molecule has 1 aliphatic rings. The molecule has 3 heteroatoms. The molecule has 0 spiro atoms. The van der Waals surface area contributed by atoms with E-state index in [0.29, 0.717) is 0 Å². The zero-order chi connectivity index (χ0) is 8.89. The van der Waals surface area contributed by atoms with Crippen molar-refractivity contribution in [3.05, 3.63) is 29.3 Å². The minimum Gasteiger partial charge on any atom is -0.385 e. The molecule has 3 rings (SSSR count). The Morgan fingerprint density at radius 2 is 2.23 bits per heavy atom. The van der Waals surface area contributed by atoms with Gasteiger partial charge in [-0.1, -0.05) is 12.1 Å². The average molecular weight is 191 g/mol. The van der Waals surface area contributed by atoms with Crippen molar-refractivity contribution in [2.75, 3.05) is 0 Å². The van der Waals surface area contributed by atoms with Crippen LogP contribution in [0.25, 0.3) is 10.2 Å². The minimum absolute atomic E-state index is 0.536. The maximum absolute atomic E-state index is 10.00. The molecule has 66 valence electrons. The number of hydrogen-bond donors (Lipinski definition) is 1. The Hall–Kier alpha value is -0.930. The van der Waals surface area contributed by atoms with Gasteiger partial charge in [-0.05, 0) is 18.9 Å². The van der Waals surface area contributed by atoms with Crippen LogP contribution in [0.5, 0.6) is 0 Å². The molecule has 2 aromatic rings. The van der Waals surface area contributed by atoms with Gasteiger partial charge in [-0.2, -0.15) is 0 Å². The molecule has 0 aliphatic heterocycles. The SMILES string of the molecule is OC1(c2cccc3ncsc23)CC1. The van der Waals surface area contributed by atoms with Crippen LogP contribution in [0.1, 0.15) is 18.4 Å². The van der Waals surface area contributed by atoms with E-state index in [9.17, 15) is 5.11 Å². The monoisotopic (exact) mass is 191 g/mol. The highest BCUT2D eigenvalue weighted by molar-refractivity contribution is 7.17. The number of aliphatic hydroxyl groups is 1. The van der Waals surface area contributed by atoms with E-state index >= 15 is 0 Å². The van der Waals surface area contributed by atoms with Crippen molar-refractivity contribution in [1.29, 1.82) is 0 Å². The quantitative estimate of drug-likeness (QED) is 0.750. The first-order chi connectivity index (χ1) is 6.30. The van der Waals surface area contributed by atoms with E-state index in [1.807, 2.05) is 23.7 Å². The standard InChI is InChI=1S/C10H9NOS/c12-10(4-5-10)7-2-1-3-8-9(7)13-6-11-8/h1-3,6,12H,4-5H2. The van der Waals surface area contributed by atoms with Gasteiger partial charge in [-0.15, -0.1) is 11.3 Å². The van der Waals surface area contributed by atoms with E-state index in [0.717, 1.165) is 28.6 Å². The summed E-state index contributed by atoms with van der Waals surface area (Å²) in [5.74, 6) is 0. The van der Waals surface area contributed by atoms with Gasteiger partial charge in [0.05, 0.1) is 21.3 Å². The Labute approximate surface area is 79.9 Å². The van der Waals surface area contributed by atoms with Crippen molar-refractivity contribution in [2.24, 2.45) is 0 Å². The smallest absolute Gasteiger partial charge is 0.0913 e. The van der Waals surface area contributed by atoms with E-state index in [-0.39, 0.29) is 0 Å². The van der Waals surface area contributed by atoms with E-state index in [1.165, 1.54) is 0 Å². The summed E-state index contributed by atoms with van der Waals surface area (Å²) >= 11 is 1.61. The van der Waals surface area contributed by atoms with Crippen molar-refractivity contribution in [3.63, 3.8) is 0 Å². The van der Waals surface area contributed by atoms with Gasteiger partial charge in [0, 0.05) is 5.56 Å². The van der Waals surface area contributed by atoms with Gasteiger partial charge in [0.25, 0.3) is 0 Å². The van der Waals surface area contributed by atoms with Crippen LogP contribution in [0.2, 0.25) is 0 Å². The van der Waals surface area contributed by atoms with Crippen molar-refractivity contribution in [3.8, 4) is 0 Å². The molecule has 1 aliphatic carbocycles. The number of rotatable bonds is 1. The van der Waals surface area contributed by atoms with Gasteiger partial charge in [0.1, 0.15) is 0 Å². The highest BCUT2D eigenvalue weighted by atomic mass is 32.1. The van der Waals surface area contributed by atoms with Gasteiger partial charge in [0.2, 0.25) is 0 Å². The van der Waals surface area contributed by atoms with E-state index in [2.05, 4.69) is 4.98 Å². The topological polar surface area (TPSA) is 33.1 Å². The summed E-state index contributed by atoms with van der Waals surface area (Å²) in [5, 5.41) is 10.00. The van der Waals surface area contributed by atoms with Gasteiger partial charge >= 0.3 is 0 Å². The Morgan fingerprint density at radius 3 is 3.00 bits per heavy atom. The van der Waals surface area contributed by atoms with Crippen LogP contribution in [0, 0.1) is 0 Å². The van der Waals surface area contributed by atoms with Crippen LogP contribution >= 0.6 is 11.3 Å². The molecule has 0 atom stereocenters. The van der Waals surface area contributed by atoms with Gasteiger partial charge < -0.3 is 5.11 Å². The molecular weight excluding hydrogens is 182 g/mol. The molecule has 0 unspecified atom stereocenters. The summed E-state index contributed by atoms with van der Waals surface area (Å²) in [6.07, 6.45) is 1.79. The molecule has 1 fully saturated rings. The lowest BCUT2D eigenvalue weighted by Gasteiger charge is -2.07. The molecule has 1 aromatic carbocycles. The molecule has 13 heavy (non-hydrogen) atoms. The Balaban J connectivity index is 2.33. The van der Waals surface area contributed by atoms with Crippen LogP contribution < -0.4 is 0 Å². The molecule has 2 nitrogen and oxygen atoms in total. The van der Waals surface area contributed by atoms with Crippen LogP contribution in [-0.4, -0.2) is 10.1 Å². The molecule has 0 radical (unpaired) electrons. The van der Waals surface area contributed by atoms with Gasteiger partial charge in [-0.3, -0.25) is 0 Å². The summed E-state index contributed by atoms with van der Waals surface area (Å²) in [6.45, 7) is 0. The van der Waals surface area contributed by atoms with Crippen LogP contribution in [-0.2, 0) is 5.60 Å². The highest BCUT2D eigenvalue weighted by Gasteiger charge is 2.43. The first-order valence-corrected chi connectivity index (χ1v) is 5.23. The lowest BCUT2D eigenvalue weighted by molar-refractivity contribution is 0.153. The molecule has 1 aromatic heterocycles. The number of benzene rings is 1. The van der Waals surface area contributed by atoms with Crippen molar-refractivity contribution < 1.29 is 5.11 Å². The number of hydrogen-bond acceptors (Lipinski definition) is 3. The molecule has 0 amide bonds. The molecule has 0 bridgehead atoms. The van der Waals surface area contributed by atoms with E-state index in [1.54, 1.807) is 11.3 Å². The summed E-state index contributed by atoms with van der Waals surface area (Å²) in [4.78, 5) is 4.23. The predicted molar refractivity (Wildman–Crippen MR) is 52.8 cm³/mol. The van der Waals surface area contributed by atoms with Crippen molar-refractivity contribution in [1.82, 2.24) is 4.98 Å². The second-order valence-corrected chi connectivity index (χ2v) is 4.39. The Kier molecular flexibility index (Phi) is 1.32. The van der Waals surface area contributed by atoms with Gasteiger partial charge in [0.15, 0.2) is 0 Å². The third kappa shape index (κ3) is 1.01. The summed E-state index contributed by atoms with van der Waals surface area (Å²) in [7, 11) is 0. The lowest BCUT2D eigenvalue weighted by atomic mass is 10.1. The average Bonchev–Trinajstić information content (AvgIpc) is 2.72. The number of nitrogens with zero attached hydrogens (tertiary/aromatic N) is 1. The fourth-order valence-electron chi connectivity index (χ4n) is 1.64. The van der Waals surface area contributed by atoms with Crippen LogP contribution in [0.3, 0.4) is 0 Å². The molecular formula is C10H9NOS. The van der Waals surface area contributed by atoms with Crippen molar-refractivity contribution in [2.45, 2.75) is 18.4 Å².